The fourth-order valence-corrected chi connectivity index (χ4v) is 2.44. The highest BCUT2D eigenvalue weighted by atomic mass is 16.5. The summed E-state index contributed by atoms with van der Waals surface area (Å²) in [6.45, 7) is 6.24. The van der Waals surface area contributed by atoms with Gasteiger partial charge < -0.3 is 10.1 Å². The van der Waals surface area contributed by atoms with Crippen LogP contribution in [0.15, 0.2) is 0 Å². The molecule has 1 aliphatic carbocycles. The van der Waals surface area contributed by atoms with Crippen molar-refractivity contribution in [3.63, 3.8) is 0 Å². The van der Waals surface area contributed by atoms with Gasteiger partial charge in [-0.15, -0.1) is 0 Å². The van der Waals surface area contributed by atoms with Gasteiger partial charge in [0.15, 0.2) is 0 Å². The van der Waals surface area contributed by atoms with Crippen LogP contribution in [0.25, 0.3) is 0 Å². The third kappa shape index (κ3) is 4.03. The van der Waals surface area contributed by atoms with E-state index in [2.05, 4.69) is 5.32 Å². The zero-order chi connectivity index (χ0) is 14.5. The molecule has 114 valence electrons. The molecule has 2 aliphatic rings. The molecule has 5 heteroatoms. The first-order valence-corrected chi connectivity index (χ1v) is 7.80. The van der Waals surface area contributed by atoms with E-state index in [-0.39, 0.29) is 23.9 Å². The Balaban J connectivity index is 1.63. The summed E-state index contributed by atoms with van der Waals surface area (Å²) < 4.78 is 5.54. The molecule has 5 nitrogen and oxygen atoms in total. The van der Waals surface area contributed by atoms with Crippen LogP contribution < -0.4 is 5.32 Å². The Morgan fingerprint density at radius 3 is 2.80 bits per heavy atom. The fourth-order valence-electron chi connectivity index (χ4n) is 2.44. The number of amides is 2. The highest BCUT2D eigenvalue weighted by Crippen LogP contribution is 2.28. The minimum absolute atomic E-state index is 0.00340. The van der Waals surface area contributed by atoms with Gasteiger partial charge in [0.1, 0.15) is 0 Å². The minimum atomic E-state index is -0.333. The van der Waals surface area contributed by atoms with Crippen LogP contribution in [0.4, 0.5) is 0 Å². The first kappa shape index (κ1) is 15.4. The van der Waals surface area contributed by atoms with Gasteiger partial charge in [0.2, 0.25) is 11.8 Å². The third-order valence-corrected chi connectivity index (χ3v) is 4.12. The molecule has 0 aromatic rings. The summed E-state index contributed by atoms with van der Waals surface area (Å²) in [6, 6.07) is -0.330. The van der Waals surface area contributed by atoms with E-state index in [0.29, 0.717) is 6.42 Å². The summed E-state index contributed by atoms with van der Waals surface area (Å²) >= 11 is 0. The minimum Gasteiger partial charge on any atom is -0.381 e. The number of nitrogens with one attached hydrogen (secondary N) is 1. The fraction of sp³-hybridized carbons (Fsp3) is 0.867. The number of ether oxygens (including phenoxy) is 1. The molecule has 0 spiro atoms. The average Bonchev–Trinajstić information content (AvgIpc) is 3.20. The van der Waals surface area contributed by atoms with E-state index in [9.17, 15) is 9.59 Å². The normalized spacial score (nSPS) is 24.5. The van der Waals surface area contributed by atoms with Gasteiger partial charge in [-0.1, -0.05) is 6.92 Å². The number of likely N-dealkylation sites (tertiary alicyclic amines) is 1. The molecule has 1 heterocycles. The van der Waals surface area contributed by atoms with E-state index in [1.165, 1.54) is 17.7 Å². The maximum atomic E-state index is 12.1. The molecule has 0 aromatic heterocycles. The molecule has 20 heavy (non-hydrogen) atoms. The second kappa shape index (κ2) is 7.18. The molecule has 0 bridgehead atoms. The third-order valence-electron chi connectivity index (χ3n) is 4.12. The first-order chi connectivity index (χ1) is 9.63. The molecule has 1 N–H and O–H groups in total. The standard InChI is InChI=1S/C15H26N2O3/c1-3-11(2)17-14(18)9-13(15(17)19)16-7-4-8-20-10-12-5-6-12/h11-13,16H,3-10H2,1-2H3. The Bertz CT molecular complexity index is 355. The van der Waals surface area contributed by atoms with Crippen molar-refractivity contribution in [1.82, 2.24) is 10.2 Å². The quantitative estimate of drug-likeness (QED) is 0.512. The molecule has 2 unspecified atom stereocenters. The van der Waals surface area contributed by atoms with Gasteiger partial charge >= 0.3 is 0 Å². The van der Waals surface area contributed by atoms with Crippen molar-refractivity contribution < 1.29 is 14.3 Å². The van der Waals surface area contributed by atoms with Crippen molar-refractivity contribution >= 4 is 11.8 Å². The summed E-state index contributed by atoms with van der Waals surface area (Å²) in [5.74, 6) is 0.677. The number of rotatable bonds is 9. The maximum Gasteiger partial charge on any atom is 0.247 e. The van der Waals surface area contributed by atoms with Gasteiger partial charge in [-0.2, -0.15) is 0 Å². The van der Waals surface area contributed by atoms with Gasteiger partial charge in [-0.25, -0.2) is 0 Å². The van der Waals surface area contributed by atoms with Crippen LogP contribution in [0.5, 0.6) is 0 Å². The van der Waals surface area contributed by atoms with Crippen LogP contribution in [-0.4, -0.2) is 48.6 Å². The van der Waals surface area contributed by atoms with E-state index in [4.69, 9.17) is 4.74 Å². The second-order valence-electron chi connectivity index (χ2n) is 5.94. The zero-order valence-electron chi connectivity index (χ0n) is 12.6. The molecule has 2 rings (SSSR count). The van der Waals surface area contributed by atoms with Gasteiger partial charge in [0.25, 0.3) is 0 Å². The number of carbonyl (C=O) groups excluding carboxylic acids is 2. The van der Waals surface area contributed by atoms with Crippen LogP contribution in [0.3, 0.4) is 0 Å². The zero-order valence-corrected chi connectivity index (χ0v) is 12.6. The van der Waals surface area contributed by atoms with E-state index in [1.54, 1.807) is 0 Å². The second-order valence-corrected chi connectivity index (χ2v) is 5.94. The van der Waals surface area contributed by atoms with Gasteiger partial charge in [0.05, 0.1) is 12.5 Å². The van der Waals surface area contributed by atoms with Crippen molar-refractivity contribution in [3.05, 3.63) is 0 Å². The van der Waals surface area contributed by atoms with E-state index in [0.717, 1.165) is 38.5 Å². The lowest BCUT2D eigenvalue weighted by Crippen LogP contribution is -2.43. The highest BCUT2D eigenvalue weighted by molar-refractivity contribution is 6.05. The first-order valence-electron chi connectivity index (χ1n) is 7.80. The average molecular weight is 282 g/mol. The number of carbonyl (C=O) groups is 2. The predicted molar refractivity (Wildman–Crippen MR) is 76.2 cm³/mol. The van der Waals surface area contributed by atoms with E-state index in [1.807, 2.05) is 13.8 Å². The predicted octanol–water partition coefficient (Wildman–Crippen LogP) is 1.32. The topological polar surface area (TPSA) is 58.6 Å². The lowest BCUT2D eigenvalue weighted by atomic mass is 10.2. The highest BCUT2D eigenvalue weighted by Gasteiger charge is 2.40. The smallest absolute Gasteiger partial charge is 0.247 e. The van der Waals surface area contributed by atoms with Crippen LogP contribution in [-0.2, 0) is 14.3 Å². The van der Waals surface area contributed by atoms with E-state index < -0.39 is 0 Å². The summed E-state index contributed by atoms with van der Waals surface area (Å²) in [6.07, 6.45) is 4.60. The van der Waals surface area contributed by atoms with Crippen molar-refractivity contribution in [3.8, 4) is 0 Å². The molecule has 0 radical (unpaired) electrons. The van der Waals surface area contributed by atoms with Crippen LogP contribution in [0.1, 0.15) is 46.0 Å². The van der Waals surface area contributed by atoms with Crippen molar-refractivity contribution in [2.45, 2.75) is 58.0 Å². The number of nitrogens with zero attached hydrogens (tertiary/aromatic N) is 1. The van der Waals surface area contributed by atoms with Crippen LogP contribution in [0, 0.1) is 5.92 Å². The molecular weight excluding hydrogens is 256 g/mol. The SMILES string of the molecule is CCC(C)N1C(=O)CC(NCCCOCC2CC2)C1=O. The lowest BCUT2D eigenvalue weighted by Gasteiger charge is -2.21. The van der Waals surface area contributed by atoms with Gasteiger partial charge in [0, 0.05) is 19.3 Å². The molecule has 2 fully saturated rings. The molecule has 2 amide bonds. The molecule has 1 saturated heterocycles. The Hall–Kier alpha value is -0.940. The monoisotopic (exact) mass is 282 g/mol. The lowest BCUT2D eigenvalue weighted by molar-refractivity contribution is -0.141. The molecule has 1 saturated carbocycles. The molecule has 0 aromatic carbocycles. The van der Waals surface area contributed by atoms with Crippen molar-refractivity contribution in [1.29, 1.82) is 0 Å². The Morgan fingerprint density at radius 1 is 1.40 bits per heavy atom. The number of hydrogen-bond acceptors (Lipinski definition) is 4. The summed E-state index contributed by atoms with van der Waals surface area (Å²) in [5, 5.41) is 3.18. The van der Waals surface area contributed by atoms with Crippen molar-refractivity contribution in [2.75, 3.05) is 19.8 Å². The summed E-state index contributed by atoms with van der Waals surface area (Å²) in [4.78, 5) is 25.4. The van der Waals surface area contributed by atoms with Crippen molar-refractivity contribution in [2.24, 2.45) is 5.92 Å². The Kier molecular flexibility index (Phi) is 5.54. The number of hydrogen-bond donors (Lipinski definition) is 1. The van der Waals surface area contributed by atoms with Gasteiger partial charge in [-0.05, 0) is 45.1 Å². The van der Waals surface area contributed by atoms with Crippen LogP contribution >= 0.6 is 0 Å². The van der Waals surface area contributed by atoms with Gasteiger partial charge in [-0.3, -0.25) is 14.5 Å². The van der Waals surface area contributed by atoms with Crippen LogP contribution in [0.2, 0.25) is 0 Å². The number of imide groups is 1. The van der Waals surface area contributed by atoms with E-state index >= 15 is 0 Å². The maximum absolute atomic E-state index is 12.1. The Labute approximate surface area is 121 Å². The largest absolute Gasteiger partial charge is 0.381 e. The Morgan fingerprint density at radius 2 is 2.15 bits per heavy atom. The molecular formula is C15H26N2O3. The molecule has 1 aliphatic heterocycles. The summed E-state index contributed by atoms with van der Waals surface area (Å²) in [5.41, 5.74) is 0. The summed E-state index contributed by atoms with van der Waals surface area (Å²) in [7, 11) is 0. The molecule has 2 atom stereocenters.